The van der Waals surface area contributed by atoms with E-state index in [0.717, 1.165) is 4.47 Å². The standard InChI is InChI=1S/C9H11BrN2O/c1-5(11)9(13)6-3-2-4-7(10)8(6)12/h2-5H,11-12H2,1H3. The number of hydrogen-bond donors (Lipinski definition) is 2. The lowest BCUT2D eigenvalue weighted by Gasteiger charge is -2.08. The van der Waals surface area contributed by atoms with Crippen LogP contribution in [0.15, 0.2) is 22.7 Å². The van der Waals surface area contributed by atoms with Crippen molar-refractivity contribution in [3.8, 4) is 0 Å². The second-order valence-corrected chi connectivity index (χ2v) is 3.71. The van der Waals surface area contributed by atoms with Crippen molar-refractivity contribution >= 4 is 27.4 Å². The Labute approximate surface area is 85.2 Å². The molecule has 0 bridgehead atoms. The summed E-state index contributed by atoms with van der Waals surface area (Å²) in [6, 6.07) is 4.70. The molecule has 0 radical (unpaired) electrons. The Bertz CT molecular complexity index is 336. The molecule has 1 atom stereocenters. The summed E-state index contributed by atoms with van der Waals surface area (Å²) >= 11 is 3.25. The molecule has 70 valence electrons. The van der Waals surface area contributed by atoms with Gasteiger partial charge in [-0.2, -0.15) is 0 Å². The maximum atomic E-state index is 11.5. The van der Waals surface area contributed by atoms with Gasteiger partial charge >= 0.3 is 0 Å². The third-order valence-corrected chi connectivity index (χ3v) is 2.42. The van der Waals surface area contributed by atoms with E-state index in [1.807, 2.05) is 0 Å². The summed E-state index contributed by atoms with van der Waals surface area (Å²) in [6.45, 7) is 1.64. The van der Waals surface area contributed by atoms with E-state index in [1.165, 1.54) is 0 Å². The second-order valence-electron chi connectivity index (χ2n) is 2.85. The normalized spacial score (nSPS) is 12.5. The maximum Gasteiger partial charge on any atom is 0.181 e. The van der Waals surface area contributed by atoms with E-state index in [9.17, 15) is 4.79 Å². The number of benzene rings is 1. The largest absolute Gasteiger partial charge is 0.397 e. The van der Waals surface area contributed by atoms with Crippen molar-refractivity contribution in [2.45, 2.75) is 13.0 Å². The molecule has 0 aromatic heterocycles. The smallest absolute Gasteiger partial charge is 0.181 e. The van der Waals surface area contributed by atoms with Gasteiger partial charge in [0.1, 0.15) is 0 Å². The minimum atomic E-state index is -0.517. The highest BCUT2D eigenvalue weighted by Crippen LogP contribution is 2.23. The summed E-state index contributed by atoms with van der Waals surface area (Å²) in [5.74, 6) is -0.140. The van der Waals surface area contributed by atoms with E-state index < -0.39 is 6.04 Å². The molecule has 13 heavy (non-hydrogen) atoms. The molecule has 4 N–H and O–H groups in total. The lowest BCUT2D eigenvalue weighted by atomic mass is 10.0. The van der Waals surface area contributed by atoms with E-state index in [0.29, 0.717) is 11.3 Å². The first kappa shape index (κ1) is 10.2. The average Bonchev–Trinajstić information content (AvgIpc) is 2.08. The zero-order valence-electron chi connectivity index (χ0n) is 7.25. The van der Waals surface area contributed by atoms with Crippen LogP contribution in [0.3, 0.4) is 0 Å². The van der Waals surface area contributed by atoms with Gasteiger partial charge in [-0.1, -0.05) is 6.07 Å². The summed E-state index contributed by atoms with van der Waals surface area (Å²) in [6.07, 6.45) is 0. The van der Waals surface area contributed by atoms with Gasteiger partial charge in [-0.15, -0.1) is 0 Å². The van der Waals surface area contributed by atoms with E-state index in [2.05, 4.69) is 15.9 Å². The topological polar surface area (TPSA) is 69.1 Å². The second kappa shape index (κ2) is 3.89. The number of nitrogen functional groups attached to an aromatic ring is 1. The summed E-state index contributed by atoms with van der Waals surface area (Å²) in [7, 11) is 0. The first-order valence-electron chi connectivity index (χ1n) is 3.88. The number of carbonyl (C=O) groups is 1. The number of halogens is 1. The molecule has 4 heteroatoms. The number of carbonyl (C=O) groups excluding carboxylic acids is 1. The van der Waals surface area contributed by atoms with E-state index in [4.69, 9.17) is 11.5 Å². The van der Waals surface area contributed by atoms with Gasteiger partial charge in [0, 0.05) is 10.0 Å². The van der Waals surface area contributed by atoms with Crippen LogP contribution in [0, 0.1) is 0 Å². The fraction of sp³-hybridized carbons (Fsp3) is 0.222. The SMILES string of the molecule is CC(N)C(=O)c1cccc(Br)c1N. The molecule has 3 nitrogen and oxygen atoms in total. The van der Waals surface area contributed by atoms with Crippen LogP contribution in [0.5, 0.6) is 0 Å². The molecule has 0 aliphatic rings. The van der Waals surface area contributed by atoms with Gasteiger partial charge in [0.2, 0.25) is 0 Å². The first-order valence-corrected chi connectivity index (χ1v) is 4.67. The fourth-order valence-corrected chi connectivity index (χ4v) is 1.36. The molecular weight excluding hydrogens is 232 g/mol. The molecule has 1 rings (SSSR count). The maximum absolute atomic E-state index is 11.5. The first-order chi connectivity index (χ1) is 6.04. The zero-order chi connectivity index (χ0) is 10.0. The van der Waals surface area contributed by atoms with Gasteiger partial charge in [-0.25, -0.2) is 0 Å². The van der Waals surface area contributed by atoms with E-state index in [-0.39, 0.29) is 5.78 Å². The molecule has 0 saturated heterocycles. The highest BCUT2D eigenvalue weighted by molar-refractivity contribution is 9.10. The summed E-state index contributed by atoms with van der Waals surface area (Å²) in [5.41, 5.74) is 12.1. The van der Waals surface area contributed by atoms with Crippen molar-refractivity contribution in [2.24, 2.45) is 5.73 Å². The minimum Gasteiger partial charge on any atom is -0.397 e. The number of anilines is 1. The lowest BCUT2D eigenvalue weighted by Crippen LogP contribution is -2.27. The van der Waals surface area contributed by atoms with Gasteiger partial charge in [-0.05, 0) is 35.0 Å². The van der Waals surface area contributed by atoms with Gasteiger partial charge in [-0.3, -0.25) is 4.79 Å². The number of para-hydroxylation sites is 1. The molecule has 1 unspecified atom stereocenters. The van der Waals surface area contributed by atoms with Crippen LogP contribution in [0.4, 0.5) is 5.69 Å². The molecule has 0 saturated carbocycles. The third kappa shape index (κ3) is 2.08. The van der Waals surface area contributed by atoms with Gasteiger partial charge in [0.15, 0.2) is 5.78 Å². The minimum absolute atomic E-state index is 0.140. The van der Waals surface area contributed by atoms with Crippen molar-refractivity contribution in [1.82, 2.24) is 0 Å². The Morgan fingerprint density at radius 1 is 1.54 bits per heavy atom. The van der Waals surface area contributed by atoms with Crippen molar-refractivity contribution in [2.75, 3.05) is 5.73 Å². The summed E-state index contributed by atoms with van der Waals surface area (Å²) in [5, 5.41) is 0. The predicted octanol–water partition coefficient (Wildman–Crippen LogP) is 1.56. The van der Waals surface area contributed by atoms with Crippen molar-refractivity contribution in [3.63, 3.8) is 0 Å². The van der Waals surface area contributed by atoms with Crippen LogP contribution >= 0.6 is 15.9 Å². The van der Waals surface area contributed by atoms with Crippen LogP contribution in [0.2, 0.25) is 0 Å². The Morgan fingerprint density at radius 2 is 2.15 bits per heavy atom. The quantitative estimate of drug-likeness (QED) is 0.611. The van der Waals surface area contributed by atoms with Crippen molar-refractivity contribution < 1.29 is 4.79 Å². The van der Waals surface area contributed by atoms with Crippen LogP contribution in [0.25, 0.3) is 0 Å². The average molecular weight is 243 g/mol. The number of Topliss-reactive ketones (excluding diaryl/α,β-unsaturated/α-hetero) is 1. The van der Waals surface area contributed by atoms with Crippen LogP contribution in [0.1, 0.15) is 17.3 Å². The molecule has 0 amide bonds. The molecule has 0 spiro atoms. The van der Waals surface area contributed by atoms with Crippen LogP contribution < -0.4 is 11.5 Å². The molecule has 0 aliphatic carbocycles. The number of rotatable bonds is 2. The van der Waals surface area contributed by atoms with Crippen molar-refractivity contribution in [3.05, 3.63) is 28.2 Å². The van der Waals surface area contributed by atoms with Crippen LogP contribution in [-0.4, -0.2) is 11.8 Å². The van der Waals surface area contributed by atoms with E-state index in [1.54, 1.807) is 25.1 Å². The highest BCUT2D eigenvalue weighted by atomic mass is 79.9. The Kier molecular flexibility index (Phi) is 3.06. The molecule has 0 aliphatic heterocycles. The molecule has 1 aromatic carbocycles. The summed E-state index contributed by atoms with van der Waals surface area (Å²) in [4.78, 5) is 11.5. The lowest BCUT2D eigenvalue weighted by molar-refractivity contribution is 0.0969. The van der Waals surface area contributed by atoms with Gasteiger partial charge < -0.3 is 11.5 Å². The number of nitrogens with two attached hydrogens (primary N) is 2. The highest BCUT2D eigenvalue weighted by Gasteiger charge is 2.14. The van der Waals surface area contributed by atoms with Gasteiger partial charge in [0.05, 0.1) is 11.7 Å². The van der Waals surface area contributed by atoms with Gasteiger partial charge in [0.25, 0.3) is 0 Å². The Hall–Kier alpha value is -0.870. The summed E-state index contributed by atoms with van der Waals surface area (Å²) < 4.78 is 0.721. The molecular formula is C9H11BrN2O. The zero-order valence-corrected chi connectivity index (χ0v) is 8.84. The third-order valence-electron chi connectivity index (χ3n) is 1.73. The van der Waals surface area contributed by atoms with Crippen LogP contribution in [-0.2, 0) is 0 Å². The molecule has 0 fully saturated rings. The fourth-order valence-electron chi connectivity index (χ4n) is 0.997. The number of hydrogen-bond acceptors (Lipinski definition) is 3. The molecule has 0 heterocycles. The van der Waals surface area contributed by atoms with Crippen molar-refractivity contribution in [1.29, 1.82) is 0 Å². The Balaban J connectivity index is 3.15. The Morgan fingerprint density at radius 3 is 2.69 bits per heavy atom. The van der Waals surface area contributed by atoms with E-state index >= 15 is 0 Å². The molecule has 1 aromatic rings. The number of ketones is 1. The predicted molar refractivity (Wildman–Crippen MR) is 56.5 cm³/mol. The monoisotopic (exact) mass is 242 g/mol.